The van der Waals surface area contributed by atoms with Crippen molar-refractivity contribution in [2.75, 3.05) is 6.61 Å². The van der Waals surface area contributed by atoms with E-state index in [4.69, 9.17) is 18.9 Å². The maximum Gasteiger partial charge on any atom is 0.508 e. The molecule has 0 amide bonds. The molecule has 0 aromatic heterocycles. The summed E-state index contributed by atoms with van der Waals surface area (Å²) in [4.78, 5) is 23.3. The van der Waals surface area contributed by atoms with E-state index < -0.39 is 12.3 Å². The Bertz CT molecular complexity index is 427. The van der Waals surface area contributed by atoms with E-state index >= 15 is 0 Å². The molecule has 28 heavy (non-hydrogen) atoms. The van der Waals surface area contributed by atoms with Crippen LogP contribution in [0.3, 0.4) is 0 Å². The molecule has 0 aromatic rings. The highest BCUT2D eigenvalue weighted by molar-refractivity contribution is 5.60. The Labute approximate surface area is 170 Å². The molecule has 1 fully saturated rings. The van der Waals surface area contributed by atoms with Gasteiger partial charge in [0, 0.05) is 0 Å². The van der Waals surface area contributed by atoms with Gasteiger partial charge in [0.25, 0.3) is 0 Å². The van der Waals surface area contributed by atoms with Gasteiger partial charge < -0.3 is 18.9 Å². The standard InChI is InChI=1S/C22H40O6/c1-17(2)11-9-7-5-6-8-10-16-25-21(23)27-19-12-14-20(15-13-19)28-22(24)26-18(3)4/h17-20H,5-16H2,1-4H3. The number of carbonyl (C=O) groups is 2. The molecule has 164 valence electrons. The third kappa shape index (κ3) is 12.8. The average Bonchev–Trinajstić information content (AvgIpc) is 2.61. The number of carbonyl (C=O) groups excluding carboxylic acids is 2. The number of hydrogen-bond acceptors (Lipinski definition) is 6. The molecule has 0 radical (unpaired) electrons. The highest BCUT2D eigenvalue weighted by atomic mass is 16.7. The summed E-state index contributed by atoms with van der Waals surface area (Å²) in [5.74, 6) is 0.795. The van der Waals surface area contributed by atoms with Crippen molar-refractivity contribution in [1.82, 2.24) is 0 Å². The smallest absolute Gasteiger partial charge is 0.434 e. The molecular formula is C22H40O6. The fraction of sp³-hybridized carbons (Fsp3) is 0.909. The Morgan fingerprint density at radius 1 is 0.750 bits per heavy atom. The topological polar surface area (TPSA) is 71.1 Å². The molecule has 6 heteroatoms. The second-order valence-electron chi connectivity index (χ2n) is 8.45. The van der Waals surface area contributed by atoms with E-state index in [1.807, 2.05) is 0 Å². The summed E-state index contributed by atoms with van der Waals surface area (Å²) in [6, 6.07) is 0. The van der Waals surface area contributed by atoms with Crippen molar-refractivity contribution >= 4 is 12.3 Å². The van der Waals surface area contributed by atoms with Gasteiger partial charge in [0.15, 0.2) is 0 Å². The summed E-state index contributed by atoms with van der Waals surface area (Å²) in [5.41, 5.74) is 0. The van der Waals surface area contributed by atoms with Crippen LogP contribution in [0.15, 0.2) is 0 Å². The Hall–Kier alpha value is -1.46. The van der Waals surface area contributed by atoms with Crippen molar-refractivity contribution < 1.29 is 28.5 Å². The fourth-order valence-electron chi connectivity index (χ4n) is 3.31. The lowest BCUT2D eigenvalue weighted by atomic mass is 9.95. The Balaban J connectivity index is 1.98. The molecule has 0 spiro atoms. The van der Waals surface area contributed by atoms with Crippen LogP contribution in [0.25, 0.3) is 0 Å². The van der Waals surface area contributed by atoms with Crippen molar-refractivity contribution in [1.29, 1.82) is 0 Å². The molecule has 0 bridgehead atoms. The third-order valence-corrected chi connectivity index (χ3v) is 4.87. The molecular weight excluding hydrogens is 360 g/mol. The fourth-order valence-corrected chi connectivity index (χ4v) is 3.31. The lowest BCUT2D eigenvalue weighted by Gasteiger charge is -2.27. The van der Waals surface area contributed by atoms with Crippen LogP contribution in [0.2, 0.25) is 0 Å². The van der Waals surface area contributed by atoms with Crippen molar-refractivity contribution in [2.45, 2.75) is 117 Å². The Kier molecular flexibility index (Phi) is 12.8. The summed E-state index contributed by atoms with van der Waals surface area (Å²) < 4.78 is 20.8. The summed E-state index contributed by atoms with van der Waals surface area (Å²) >= 11 is 0. The molecule has 0 heterocycles. The van der Waals surface area contributed by atoms with Crippen LogP contribution in [-0.4, -0.2) is 37.2 Å². The lowest BCUT2D eigenvalue weighted by molar-refractivity contribution is -0.0326. The van der Waals surface area contributed by atoms with Crippen LogP contribution in [-0.2, 0) is 18.9 Å². The highest BCUT2D eigenvalue weighted by Gasteiger charge is 2.27. The quantitative estimate of drug-likeness (QED) is 0.279. The SMILES string of the molecule is CC(C)CCCCCCCCOC(=O)OC1CCC(OC(=O)OC(C)C)CC1. The van der Waals surface area contributed by atoms with Gasteiger partial charge in [-0.05, 0) is 51.9 Å². The summed E-state index contributed by atoms with van der Waals surface area (Å²) in [6.45, 7) is 8.51. The lowest BCUT2D eigenvalue weighted by Crippen LogP contribution is -2.30. The largest absolute Gasteiger partial charge is 0.508 e. The van der Waals surface area contributed by atoms with E-state index in [9.17, 15) is 9.59 Å². The van der Waals surface area contributed by atoms with Crippen LogP contribution >= 0.6 is 0 Å². The van der Waals surface area contributed by atoms with Gasteiger partial charge in [-0.1, -0.05) is 52.4 Å². The van der Waals surface area contributed by atoms with E-state index in [1.54, 1.807) is 13.8 Å². The van der Waals surface area contributed by atoms with E-state index in [0.29, 0.717) is 32.3 Å². The zero-order valence-electron chi connectivity index (χ0n) is 18.2. The van der Waals surface area contributed by atoms with Crippen molar-refractivity contribution in [3.8, 4) is 0 Å². The van der Waals surface area contributed by atoms with Crippen LogP contribution in [0.5, 0.6) is 0 Å². The zero-order valence-corrected chi connectivity index (χ0v) is 18.2. The van der Waals surface area contributed by atoms with Gasteiger partial charge >= 0.3 is 12.3 Å². The first-order chi connectivity index (χ1) is 13.4. The van der Waals surface area contributed by atoms with Crippen molar-refractivity contribution in [3.63, 3.8) is 0 Å². The predicted molar refractivity (Wildman–Crippen MR) is 108 cm³/mol. The molecule has 1 saturated carbocycles. The van der Waals surface area contributed by atoms with Crippen LogP contribution in [0, 0.1) is 5.92 Å². The van der Waals surface area contributed by atoms with E-state index in [0.717, 1.165) is 18.8 Å². The maximum absolute atomic E-state index is 11.8. The number of hydrogen-bond donors (Lipinski definition) is 0. The normalized spacial score (nSPS) is 19.5. The van der Waals surface area contributed by atoms with E-state index in [-0.39, 0.29) is 18.3 Å². The summed E-state index contributed by atoms with van der Waals surface area (Å²) in [7, 11) is 0. The molecule has 6 nitrogen and oxygen atoms in total. The molecule has 0 N–H and O–H groups in total. The molecule has 1 aliphatic rings. The highest BCUT2D eigenvalue weighted by Crippen LogP contribution is 2.24. The minimum Gasteiger partial charge on any atom is -0.434 e. The van der Waals surface area contributed by atoms with Gasteiger partial charge in [-0.2, -0.15) is 0 Å². The number of ether oxygens (including phenoxy) is 4. The van der Waals surface area contributed by atoms with Gasteiger partial charge in [-0.15, -0.1) is 0 Å². The summed E-state index contributed by atoms with van der Waals surface area (Å²) in [5, 5.41) is 0. The molecule has 1 aliphatic carbocycles. The van der Waals surface area contributed by atoms with Gasteiger partial charge in [-0.25, -0.2) is 9.59 Å². The van der Waals surface area contributed by atoms with E-state index in [2.05, 4.69) is 13.8 Å². The van der Waals surface area contributed by atoms with Crippen LogP contribution in [0.4, 0.5) is 9.59 Å². The zero-order chi connectivity index (χ0) is 20.8. The molecule has 1 rings (SSSR count). The minimum absolute atomic E-state index is 0.158. The number of rotatable bonds is 12. The number of unbranched alkanes of at least 4 members (excludes halogenated alkanes) is 5. The van der Waals surface area contributed by atoms with Gasteiger partial charge in [0.05, 0.1) is 12.7 Å². The minimum atomic E-state index is -0.626. The summed E-state index contributed by atoms with van der Waals surface area (Å²) in [6.07, 6.45) is 9.30. The Morgan fingerprint density at radius 2 is 1.25 bits per heavy atom. The van der Waals surface area contributed by atoms with Crippen molar-refractivity contribution in [3.05, 3.63) is 0 Å². The van der Waals surface area contributed by atoms with Gasteiger partial charge in [0.1, 0.15) is 12.2 Å². The maximum atomic E-state index is 11.8. The molecule has 0 saturated heterocycles. The second-order valence-corrected chi connectivity index (χ2v) is 8.45. The van der Waals surface area contributed by atoms with E-state index in [1.165, 1.54) is 32.1 Å². The second kappa shape index (κ2) is 14.5. The first-order valence-corrected chi connectivity index (χ1v) is 11.1. The average molecular weight is 401 g/mol. The van der Waals surface area contributed by atoms with Gasteiger partial charge in [0.2, 0.25) is 0 Å². The molecule has 0 atom stereocenters. The Morgan fingerprint density at radius 3 is 1.79 bits per heavy atom. The first kappa shape index (κ1) is 24.6. The molecule has 0 aliphatic heterocycles. The monoisotopic (exact) mass is 400 g/mol. The van der Waals surface area contributed by atoms with Crippen molar-refractivity contribution in [2.24, 2.45) is 5.92 Å². The van der Waals surface area contributed by atoms with Crippen LogP contribution in [0.1, 0.15) is 98.3 Å². The third-order valence-electron chi connectivity index (χ3n) is 4.87. The first-order valence-electron chi connectivity index (χ1n) is 11.1. The predicted octanol–water partition coefficient (Wildman–Crippen LogP) is 6.40. The van der Waals surface area contributed by atoms with Gasteiger partial charge in [-0.3, -0.25) is 0 Å². The molecule has 0 aromatic carbocycles. The van der Waals surface area contributed by atoms with Crippen LogP contribution < -0.4 is 0 Å². The molecule has 0 unspecified atom stereocenters.